The topological polar surface area (TPSA) is 46.2 Å². The van der Waals surface area contributed by atoms with E-state index < -0.39 is 11.6 Å². The summed E-state index contributed by atoms with van der Waals surface area (Å²) >= 11 is 0. The summed E-state index contributed by atoms with van der Waals surface area (Å²) in [6, 6.07) is 9.77. The molecule has 0 saturated heterocycles. The van der Waals surface area contributed by atoms with E-state index in [1.807, 2.05) is 39.6 Å². The summed E-state index contributed by atoms with van der Waals surface area (Å²) in [6.45, 7) is 0. The molecule has 0 aliphatic heterocycles. The van der Waals surface area contributed by atoms with Gasteiger partial charge < -0.3 is 0 Å². The molecule has 1 atom stereocenters. The minimum Gasteiger partial charge on any atom is -0.290 e. The summed E-state index contributed by atoms with van der Waals surface area (Å²) in [4.78, 5) is 21.5. The molecule has 1 rings (SSSR count). The molecule has 0 spiro atoms. The molecule has 78 valence electrons. The number of imide groups is 1. The fourth-order valence-corrected chi connectivity index (χ4v) is 1.22. The summed E-state index contributed by atoms with van der Waals surface area (Å²) in [5.74, 6) is -0.397. The van der Waals surface area contributed by atoms with E-state index in [1.54, 1.807) is 6.08 Å². The third kappa shape index (κ3) is 5.08. The quantitative estimate of drug-likeness (QED) is 0.625. The third-order valence-corrected chi connectivity index (χ3v) is 1.86. The highest BCUT2D eigenvalue weighted by Crippen LogP contribution is 1.99. The Morgan fingerprint density at radius 1 is 1.27 bits per heavy atom. The molecule has 4 heteroatoms. The van der Waals surface area contributed by atoms with Crippen LogP contribution in [0, 0.1) is 0 Å². The molecule has 0 saturated carbocycles. The highest BCUT2D eigenvalue weighted by molar-refractivity contribution is 7.40. The summed E-state index contributed by atoms with van der Waals surface area (Å²) in [5.41, 5.74) is 0.697. The molecule has 1 unspecified atom stereocenters. The van der Waals surface area contributed by atoms with Gasteiger partial charge in [0, 0.05) is 0 Å². The number of carbonyl (C=O) groups is 2. The molecule has 0 radical (unpaired) electrons. The van der Waals surface area contributed by atoms with E-state index in [4.69, 9.17) is 0 Å². The molecule has 2 amide bonds. The van der Waals surface area contributed by atoms with Crippen molar-refractivity contribution in [2.24, 2.45) is 0 Å². The fourth-order valence-electron chi connectivity index (χ4n) is 1.08. The van der Waals surface area contributed by atoms with Crippen molar-refractivity contribution in [2.75, 3.05) is 0 Å². The van der Waals surface area contributed by atoms with Crippen LogP contribution in [0.25, 0.3) is 0 Å². The van der Waals surface area contributed by atoms with Crippen LogP contribution in [0.15, 0.2) is 42.5 Å². The van der Waals surface area contributed by atoms with Crippen molar-refractivity contribution >= 4 is 20.8 Å². The van der Waals surface area contributed by atoms with Gasteiger partial charge in [-0.25, -0.2) is 0 Å². The zero-order valence-corrected chi connectivity index (χ0v) is 9.30. The van der Waals surface area contributed by atoms with Gasteiger partial charge in [0.1, 0.15) is 0 Å². The molecule has 0 bridgehead atoms. The molecule has 0 fully saturated rings. The van der Waals surface area contributed by atoms with E-state index in [0.29, 0.717) is 6.42 Å². The van der Waals surface area contributed by atoms with E-state index in [0.717, 1.165) is 5.56 Å². The van der Waals surface area contributed by atoms with E-state index >= 15 is 0 Å². The SMILES string of the molecule is O=C(P)NC(=O)/C=C/Cc1ccccc1. The van der Waals surface area contributed by atoms with Gasteiger partial charge in [-0.05, 0) is 27.3 Å². The Morgan fingerprint density at radius 2 is 1.93 bits per heavy atom. The molecule has 1 aromatic carbocycles. The van der Waals surface area contributed by atoms with Gasteiger partial charge >= 0.3 is 0 Å². The Hall–Kier alpha value is -1.47. The summed E-state index contributed by atoms with van der Waals surface area (Å²) in [5, 5.41) is 2.13. The first-order valence-electron chi connectivity index (χ1n) is 4.49. The molecule has 3 nitrogen and oxygen atoms in total. The minimum atomic E-state index is -0.427. The monoisotopic (exact) mass is 221 g/mol. The number of nitrogens with one attached hydrogen (secondary N) is 1. The van der Waals surface area contributed by atoms with Crippen LogP contribution in [0.3, 0.4) is 0 Å². The average molecular weight is 221 g/mol. The summed E-state index contributed by atoms with van der Waals surface area (Å²) in [6.07, 6.45) is 3.76. The van der Waals surface area contributed by atoms with E-state index in [1.165, 1.54) is 6.08 Å². The van der Waals surface area contributed by atoms with Crippen LogP contribution < -0.4 is 5.32 Å². The van der Waals surface area contributed by atoms with Crippen LogP contribution in [-0.2, 0) is 11.2 Å². The predicted octanol–water partition coefficient (Wildman–Crippen LogP) is 1.90. The second-order valence-corrected chi connectivity index (χ2v) is 3.47. The largest absolute Gasteiger partial charge is 0.290 e. The lowest BCUT2D eigenvalue weighted by molar-refractivity contribution is -0.115. The first-order chi connectivity index (χ1) is 7.18. The standard InChI is InChI=1S/C11H12NO2P/c13-10(12-11(14)15)8-4-7-9-5-2-1-3-6-9/h1-6,8H,7,15H2,(H,12,13,14)/b8-4+. The van der Waals surface area contributed by atoms with Crippen molar-refractivity contribution in [2.45, 2.75) is 6.42 Å². The lowest BCUT2D eigenvalue weighted by atomic mass is 10.1. The molecule has 0 aliphatic carbocycles. The average Bonchev–Trinajstić information content (AvgIpc) is 2.18. The molecule has 1 aromatic rings. The number of hydrogen-bond donors (Lipinski definition) is 1. The van der Waals surface area contributed by atoms with Crippen molar-refractivity contribution in [1.29, 1.82) is 0 Å². The van der Waals surface area contributed by atoms with Crippen molar-refractivity contribution in [3.05, 3.63) is 48.0 Å². The first kappa shape index (κ1) is 11.6. The Kier molecular flexibility index (Phi) is 4.72. The molecule has 15 heavy (non-hydrogen) atoms. The predicted molar refractivity (Wildman–Crippen MR) is 62.5 cm³/mol. The Labute approximate surface area is 90.8 Å². The Balaban J connectivity index is 2.40. The smallest absolute Gasteiger partial charge is 0.250 e. The van der Waals surface area contributed by atoms with E-state index in [-0.39, 0.29) is 0 Å². The minimum absolute atomic E-state index is 0.397. The van der Waals surface area contributed by atoms with Crippen molar-refractivity contribution in [3.8, 4) is 0 Å². The highest BCUT2D eigenvalue weighted by Gasteiger charge is 1.96. The third-order valence-electron chi connectivity index (χ3n) is 1.71. The van der Waals surface area contributed by atoms with Crippen LogP contribution >= 0.6 is 9.24 Å². The van der Waals surface area contributed by atoms with E-state index in [9.17, 15) is 9.59 Å². The Morgan fingerprint density at radius 3 is 2.53 bits per heavy atom. The van der Waals surface area contributed by atoms with E-state index in [2.05, 4.69) is 5.32 Å². The van der Waals surface area contributed by atoms with Crippen molar-refractivity contribution < 1.29 is 9.59 Å². The summed E-state index contributed by atoms with van der Waals surface area (Å²) in [7, 11) is 1.89. The second-order valence-electron chi connectivity index (χ2n) is 2.95. The van der Waals surface area contributed by atoms with Gasteiger partial charge in [0.05, 0.1) is 0 Å². The maximum atomic E-state index is 11.0. The first-order valence-corrected chi connectivity index (χ1v) is 5.07. The number of benzene rings is 1. The molecular formula is C11H12NO2P. The number of rotatable bonds is 3. The molecule has 0 aliphatic rings. The number of hydrogen-bond acceptors (Lipinski definition) is 2. The molecule has 0 heterocycles. The highest BCUT2D eigenvalue weighted by atomic mass is 31.0. The Bertz CT molecular complexity index is 373. The van der Waals surface area contributed by atoms with Crippen LogP contribution in [0.2, 0.25) is 0 Å². The van der Waals surface area contributed by atoms with Crippen LogP contribution in [0.5, 0.6) is 0 Å². The molecule has 0 aromatic heterocycles. The molecule has 1 N–H and O–H groups in total. The van der Waals surface area contributed by atoms with Gasteiger partial charge in [-0.15, -0.1) is 0 Å². The van der Waals surface area contributed by atoms with Gasteiger partial charge in [-0.1, -0.05) is 36.4 Å². The van der Waals surface area contributed by atoms with Gasteiger partial charge in [0.2, 0.25) is 11.6 Å². The number of carbonyl (C=O) groups excluding carboxylic acids is 2. The second kappa shape index (κ2) is 6.10. The lowest BCUT2D eigenvalue weighted by Gasteiger charge is -1.95. The van der Waals surface area contributed by atoms with Crippen LogP contribution in [0.1, 0.15) is 5.56 Å². The molecular weight excluding hydrogens is 209 g/mol. The van der Waals surface area contributed by atoms with Gasteiger partial charge in [-0.2, -0.15) is 0 Å². The zero-order chi connectivity index (χ0) is 11.1. The maximum absolute atomic E-state index is 11.0. The summed E-state index contributed by atoms with van der Waals surface area (Å²) < 4.78 is 0. The van der Waals surface area contributed by atoms with Gasteiger partial charge in [0.25, 0.3) is 0 Å². The van der Waals surface area contributed by atoms with Crippen LogP contribution in [-0.4, -0.2) is 11.6 Å². The van der Waals surface area contributed by atoms with Gasteiger partial charge in [-0.3, -0.25) is 14.9 Å². The van der Waals surface area contributed by atoms with Crippen LogP contribution in [0.4, 0.5) is 4.79 Å². The number of amides is 2. The number of allylic oxidation sites excluding steroid dienone is 1. The fraction of sp³-hybridized carbons (Fsp3) is 0.0909. The zero-order valence-electron chi connectivity index (χ0n) is 8.14. The van der Waals surface area contributed by atoms with Crippen molar-refractivity contribution in [1.82, 2.24) is 5.32 Å². The maximum Gasteiger partial charge on any atom is 0.250 e. The lowest BCUT2D eigenvalue weighted by Crippen LogP contribution is -2.22. The normalized spacial score (nSPS) is 10.2. The van der Waals surface area contributed by atoms with Gasteiger partial charge in [0.15, 0.2) is 0 Å². The van der Waals surface area contributed by atoms with Crippen molar-refractivity contribution in [3.63, 3.8) is 0 Å².